The first-order chi connectivity index (χ1) is 9.58. The molecule has 0 bridgehead atoms. The standard InChI is InChI=1S/C12H9N3O4S/c13-12-14-8(6-20-12)9(10(16)17)15-19-11(18)7-4-2-1-3-5-7/h1-6H,(H2,13,14)(H,16,17). The van der Waals surface area contributed by atoms with Crippen molar-refractivity contribution in [3.63, 3.8) is 0 Å². The number of rotatable bonds is 4. The van der Waals surface area contributed by atoms with Crippen LogP contribution >= 0.6 is 11.3 Å². The number of aromatic nitrogens is 1. The molecule has 0 spiro atoms. The van der Waals surface area contributed by atoms with Crippen molar-refractivity contribution in [3.8, 4) is 0 Å². The predicted octanol–water partition coefficient (Wildman–Crippen LogP) is 1.37. The highest BCUT2D eigenvalue weighted by Crippen LogP contribution is 2.12. The van der Waals surface area contributed by atoms with Crippen LogP contribution in [0.4, 0.5) is 5.13 Å². The average Bonchev–Trinajstić information content (AvgIpc) is 2.86. The van der Waals surface area contributed by atoms with Gasteiger partial charge in [-0.3, -0.25) is 0 Å². The molecule has 2 aromatic rings. The molecule has 7 nitrogen and oxygen atoms in total. The fourth-order valence-electron chi connectivity index (χ4n) is 1.31. The van der Waals surface area contributed by atoms with Gasteiger partial charge in [-0.1, -0.05) is 23.4 Å². The summed E-state index contributed by atoms with van der Waals surface area (Å²) in [7, 11) is 0. The zero-order valence-corrected chi connectivity index (χ0v) is 10.8. The summed E-state index contributed by atoms with van der Waals surface area (Å²) in [6, 6.07) is 8.10. The molecule has 2 rings (SSSR count). The summed E-state index contributed by atoms with van der Waals surface area (Å²) in [5.41, 5.74) is 5.24. The van der Waals surface area contributed by atoms with Crippen molar-refractivity contribution >= 4 is 34.1 Å². The molecule has 0 saturated carbocycles. The molecule has 20 heavy (non-hydrogen) atoms. The second-order valence-corrected chi connectivity index (χ2v) is 4.45. The molecule has 8 heteroatoms. The van der Waals surface area contributed by atoms with Crippen molar-refractivity contribution in [1.82, 2.24) is 4.98 Å². The van der Waals surface area contributed by atoms with E-state index in [1.165, 1.54) is 17.5 Å². The second kappa shape index (κ2) is 5.93. The minimum Gasteiger partial charge on any atom is -0.476 e. The quantitative estimate of drug-likeness (QED) is 0.499. The van der Waals surface area contributed by atoms with E-state index in [9.17, 15) is 9.59 Å². The summed E-state index contributed by atoms with van der Waals surface area (Å²) >= 11 is 1.06. The van der Waals surface area contributed by atoms with Gasteiger partial charge < -0.3 is 15.7 Å². The zero-order valence-electron chi connectivity index (χ0n) is 10.0. The molecule has 0 unspecified atom stereocenters. The van der Waals surface area contributed by atoms with Crippen LogP contribution in [-0.4, -0.2) is 27.7 Å². The first-order valence-corrected chi connectivity index (χ1v) is 6.25. The van der Waals surface area contributed by atoms with Crippen LogP contribution in [0.15, 0.2) is 40.9 Å². The van der Waals surface area contributed by atoms with Gasteiger partial charge in [0.05, 0.1) is 5.56 Å². The van der Waals surface area contributed by atoms with Gasteiger partial charge in [0, 0.05) is 5.38 Å². The largest absolute Gasteiger partial charge is 0.476 e. The molecule has 1 heterocycles. The third kappa shape index (κ3) is 3.18. The van der Waals surface area contributed by atoms with Crippen molar-refractivity contribution in [1.29, 1.82) is 0 Å². The molecule has 0 aliphatic carbocycles. The van der Waals surface area contributed by atoms with Gasteiger partial charge in [-0.25, -0.2) is 14.6 Å². The highest BCUT2D eigenvalue weighted by molar-refractivity contribution is 7.13. The first kappa shape index (κ1) is 13.7. The molecule has 0 fully saturated rings. The van der Waals surface area contributed by atoms with Crippen molar-refractivity contribution in [2.45, 2.75) is 0 Å². The van der Waals surface area contributed by atoms with Crippen LogP contribution in [0.1, 0.15) is 16.1 Å². The third-order valence-corrected chi connectivity index (χ3v) is 2.87. The lowest BCUT2D eigenvalue weighted by molar-refractivity contribution is -0.129. The molecule has 0 radical (unpaired) electrons. The van der Waals surface area contributed by atoms with E-state index < -0.39 is 17.7 Å². The van der Waals surface area contributed by atoms with E-state index in [1.54, 1.807) is 18.2 Å². The maximum atomic E-state index is 11.6. The maximum absolute atomic E-state index is 11.6. The predicted molar refractivity (Wildman–Crippen MR) is 72.6 cm³/mol. The summed E-state index contributed by atoms with van der Waals surface area (Å²) < 4.78 is 0. The molecule has 1 aromatic heterocycles. The van der Waals surface area contributed by atoms with Crippen LogP contribution in [-0.2, 0) is 9.63 Å². The van der Waals surface area contributed by atoms with Crippen LogP contribution in [0.5, 0.6) is 0 Å². The first-order valence-electron chi connectivity index (χ1n) is 5.37. The van der Waals surface area contributed by atoms with Gasteiger partial charge in [-0.05, 0) is 12.1 Å². The number of carbonyl (C=O) groups excluding carboxylic acids is 1. The number of carbonyl (C=O) groups is 2. The normalized spacial score (nSPS) is 11.1. The fraction of sp³-hybridized carbons (Fsp3) is 0. The number of anilines is 1. The van der Waals surface area contributed by atoms with Crippen LogP contribution < -0.4 is 5.73 Å². The Kier molecular flexibility index (Phi) is 4.06. The molecule has 1 aromatic carbocycles. The Labute approximate surface area is 117 Å². The molecule has 3 N–H and O–H groups in total. The highest BCUT2D eigenvalue weighted by Gasteiger charge is 2.18. The van der Waals surface area contributed by atoms with E-state index in [0.29, 0.717) is 0 Å². The number of nitrogen functional groups attached to an aromatic ring is 1. The molecular formula is C12H9N3O4S. The Hall–Kier alpha value is -2.74. The summed E-state index contributed by atoms with van der Waals surface area (Å²) in [5.74, 6) is -2.12. The minimum atomic E-state index is -1.36. The minimum absolute atomic E-state index is 0.0425. The van der Waals surface area contributed by atoms with Crippen LogP contribution in [0.2, 0.25) is 0 Å². The number of nitrogens with two attached hydrogens (primary N) is 1. The number of thiazole rings is 1. The number of carboxylic acid groups (broad SMARTS) is 1. The highest BCUT2D eigenvalue weighted by atomic mass is 32.1. The maximum Gasteiger partial charge on any atom is 0.365 e. The monoisotopic (exact) mass is 291 g/mol. The summed E-state index contributed by atoms with van der Waals surface area (Å²) in [5, 5.41) is 14.0. The number of oxime groups is 1. The summed E-state index contributed by atoms with van der Waals surface area (Å²) in [4.78, 5) is 31.1. The van der Waals surface area contributed by atoms with Crippen molar-refractivity contribution < 1.29 is 19.5 Å². The Balaban J connectivity index is 2.19. The second-order valence-electron chi connectivity index (χ2n) is 3.56. The van der Waals surface area contributed by atoms with Crippen LogP contribution in [0.3, 0.4) is 0 Å². The Morgan fingerprint density at radius 2 is 2.00 bits per heavy atom. The lowest BCUT2D eigenvalue weighted by Crippen LogP contribution is -2.16. The Morgan fingerprint density at radius 1 is 1.30 bits per heavy atom. The van der Waals surface area contributed by atoms with Gasteiger partial charge in [0.25, 0.3) is 0 Å². The van der Waals surface area contributed by atoms with E-state index in [0.717, 1.165) is 11.3 Å². The summed E-state index contributed by atoms with van der Waals surface area (Å²) in [6.07, 6.45) is 0. The van der Waals surface area contributed by atoms with Crippen LogP contribution in [0.25, 0.3) is 0 Å². The SMILES string of the molecule is Nc1nc(C(=NOC(=O)c2ccccc2)C(=O)O)cs1. The summed E-state index contributed by atoms with van der Waals surface area (Å²) in [6.45, 7) is 0. The molecule has 0 amide bonds. The van der Waals surface area contributed by atoms with Gasteiger partial charge >= 0.3 is 11.9 Å². The smallest absolute Gasteiger partial charge is 0.365 e. The third-order valence-electron chi connectivity index (χ3n) is 2.20. The van der Waals surface area contributed by atoms with E-state index in [-0.39, 0.29) is 16.4 Å². The van der Waals surface area contributed by atoms with Gasteiger partial charge in [0.1, 0.15) is 5.69 Å². The van der Waals surface area contributed by atoms with Gasteiger partial charge in [0.2, 0.25) is 5.71 Å². The lowest BCUT2D eigenvalue weighted by Gasteiger charge is -1.99. The van der Waals surface area contributed by atoms with Gasteiger partial charge in [-0.2, -0.15) is 0 Å². The van der Waals surface area contributed by atoms with E-state index >= 15 is 0 Å². The van der Waals surface area contributed by atoms with Crippen molar-refractivity contribution in [2.24, 2.45) is 5.16 Å². The van der Waals surface area contributed by atoms with Crippen molar-refractivity contribution in [2.75, 3.05) is 5.73 Å². The van der Waals surface area contributed by atoms with E-state index in [4.69, 9.17) is 10.8 Å². The number of aliphatic carboxylic acids is 1. The Morgan fingerprint density at radius 3 is 2.55 bits per heavy atom. The molecule has 0 aliphatic heterocycles. The van der Waals surface area contributed by atoms with E-state index in [1.807, 2.05) is 0 Å². The Bertz CT molecular complexity index is 666. The van der Waals surface area contributed by atoms with E-state index in [2.05, 4.69) is 15.0 Å². The number of benzene rings is 1. The van der Waals surface area contributed by atoms with Crippen LogP contribution in [0, 0.1) is 0 Å². The lowest BCUT2D eigenvalue weighted by atomic mass is 10.2. The fourth-order valence-corrected chi connectivity index (χ4v) is 1.85. The number of carboxylic acids is 1. The van der Waals surface area contributed by atoms with Crippen molar-refractivity contribution in [3.05, 3.63) is 47.0 Å². The topological polar surface area (TPSA) is 115 Å². The molecular weight excluding hydrogens is 282 g/mol. The number of hydrogen-bond donors (Lipinski definition) is 2. The number of hydrogen-bond acceptors (Lipinski definition) is 7. The van der Waals surface area contributed by atoms with Gasteiger partial charge in [-0.15, -0.1) is 11.3 Å². The average molecular weight is 291 g/mol. The molecule has 0 atom stereocenters. The molecule has 0 aliphatic rings. The zero-order chi connectivity index (χ0) is 14.5. The van der Waals surface area contributed by atoms with Gasteiger partial charge in [0.15, 0.2) is 5.13 Å². The molecule has 0 saturated heterocycles. The molecule has 102 valence electrons. The number of nitrogens with zero attached hydrogens (tertiary/aromatic N) is 2.